The van der Waals surface area contributed by atoms with Crippen LogP contribution >= 0.6 is 19.4 Å². The Morgan fingerprint density at radius 1 is 0.545 bits per heavy atom. The normalized spacial score (nSPS) is 14.7. The third kappa shape index (κ3) is 25.5. The van der Waals surface area contributed by atoms with Crippen LogP contribution in [0, 0.1) is 0 Å². The van der Waals surface area contributed by atoms with E-state index in [2.05, 4.69) is 78.5 Å². The first kappa shape index (κ1) is 50.5. The molecule has 6 heteroatoms. The Kier molecular flexibility index (Phi) is 31.4. The van der Waals surface area contributed by atoms with Crippen LogP contribution in [-0.2, 0) is 11.9 Å². The molecule has 1 heterocycles. The molecule has 2 rings (SSSR count). The minimum absolute atomic E-state index is 0.102. The van der Waals surface area contributed by atoms with Crippen molar-refractivity contribution in [2.45, 2.75) is 214 Å². The fourth-order valence-corrected chi connectivity index (χ4v) is 14.1. The van der Waals surface area contributed by atoms with E-state index in [1.807, 2.05) is 12.1 Å². The Morgan fingerprint density at radius 2 is 0.909 bits per heavy atom. The molecule has 1 aliphatic rings. The molecule has 0 aliphatic carbocycles. The van der Waals surface area contributed by atoms with Gasteiger partial charge in [-0.05, 0) is 25.7 Å². The van der Waals surface area contributed by atoms with Crippen LogP contribution in [0.1, 0.15) is 213 Å². The Balaban J connectivity index is 1.80. The van der Waals surface area contributed by atoms with Gasteiger partial charge in [0.1, 0.15) is 0 Å². The number of rotatable bonds is 35. The number of halogens is 2. The van der Waals surface area contributed by atoms with Crippen molar-refractivity contribution < 1.29 is 16.6 Å². The van der Waals surface area contributed by atoms with Gasteiger partial charge in [0.2, 0.25) is 0 Å². The van der Waals surface area contributed by atoms with Crippen LogP contribution in [0.3, 0.4) is 0 Å². The number of allylic oxidation sites excluding steroid dienone is 4. The molecule has 0 amide bonds. The summed E-state index contributed by atoms with van der Waals surface area (Å²) in [5, 5.41) is 0. The third-order valence-electron chi connectivity index (χ3n) is 10.8. The van der Waals surface area contributed by atoms with Crippen molar-refractivity contribution in [1.29, 1.82) is 0 Å². The second kappa shape index (κ2) is 34.2. The number of hydrogen-bond donors (Lipinski definition) is 0. The van der Waals surface area contributed by atoms with Crippen molar-refractivity contribution in [2.75, 3.05) is 26.2 Å². The van der Waals surface area contributed by atoms with Crippen molar-refractivity contribution in [3.05, 3.63) is 54.1 Å². The van der Waals surface area contributed by atoms with E-state index >= 15 is 0 Å². The summed E-state index contributed by atoms with van der Waals surface area (Å²) < 4.78 is 9.59. The van der Waals surface area contributed by atoms with Gasteiger partial charge in [-0.15, -0.1) is 0 Å². The van der Waals surface area contributed by atoms with Gasteiger partial charge in [0.25, 0.3) is 0 Å². The molecule has 0 atom stereocenters. The van der Waals surface area contributed by atoms with E-state index in [0.717, 1.165) is 37.5 Å². The maximum atomic E-state index is 7.52. The van der Waals surface area contributed by atoms with Gasteiger partial charge in [0.15, 0.2) is 0 Å². The molecular formula is C49H86Cl2N2ORu. The van der Waals surface area contributed by atoms with Crippen LogP contribution < -0.4 is 4.74 Å². The third-order valence-corrected chi connectivity index (χ3v) is 16.4. The van der Waals surface area contributed by atoms with Gasteiger partial charge in [-0.2, -0.15) is 0 Å². The van der Waals surface area contributed by atoms with Crippen LogP contribution in [0.4, 0.5) is 0 Å². The molecule has 320 valence electrons. The van der Waals surface area contributed by atoms with E-state index < -0.39 is 11.9 Å². The van der Waals surface area contributed by atoms with E-state index in [1.54, 1.807) is 0 Å². The predicted molar refractivity (Wildman–Crippen MR) is 246 cm³/mol. The predicted octanol–water partition coefficient (Wildman–Crippen LogP) is 15.9. The molecule has 3 nitrogen and oxygen atoms in total. The molecule has 1 aliphatic heterocycles. The number of unbranched alkanes of at least 4 members (excludes halogenated alkanes) is 24. The Hall–Kier alpha value is -0.637. The van der Waals surface area contributed by atoms with E-state index in [4.69, 9.17) is 24.1 Å². The molecule has 0 unspecified atom stereocenters. The van der Waals surface area contributed by atoms with Crippen LogP contribution in [0.15, 0.2) is 48.6 Å². The van der Waals surface area contributed by atoms with Gasteiger partial charge in [0.05, 0.1) is 0 Å². The molecule has 0 N–H and O–H groups in total. The quantitative estimate of drug-likeness (QED) is 0.0384. The molecule has 0 radical (unpaired) electrons. The summed E-state index contributed by atoms with van der Waals surface area (Å²) >= 11 is -3.35. The fourth-order valence-electron chi connectivity index (χ4n) is 7.53. The number of hydrogen-bond acceptors (Lipinski definition) is 3. The average molecular weight is 891 g/mol. The zero-order valence-corrected chi connectivity index (χ0v) is 39.6. The van der Waals surface area contributed by atoms with Gasteiger partial charge in [-0.3, -0.25) is 0 Å². The summed E-state index contributed by atoms with van der Waals surface area (Å²) in [6.45, 7) is 12.9. The zero-order valence-electron chi connectivity index (χ0n) is 36.3. The first-order valence-corrected chi connectivity index (χ1v) is 29.6. The summed E-state index contributed by atoms with van der Waals surface area (Å²) in [5.74, 6) is 0.877. The summed E-state index contributed by atoms with van der Waals surface area (Å²) in [6.07, 6.45) is 47.2. The molecule has 0 bridgehead atoms. The van der Waals surface area contributed by atoms with Crippen LogP contribution in [-0.4, -0.2) is 51.0 Å². The van der Waals surface area contributed by atoms with Gasteiger partial charge in [-0.1, -0.05) is 78.1 Å². The monoisotopic (exact) mass is 891 g/mol. The standard InChI is InChI=1S/C39H74N2.C10H12O.2ClH.Ru/c1-3-5-7-9-11-13-15-17-19-21-23-25-27-29-31-33-35-40-37-38-41(39-40)36-34-32-30-28-26-24-22-20-18-16-14-12-10-8-6-4-2;1-8(2)11-10-7-5-4-6-9(10)3;;;/h17-20H,3-16,21-38H2,1-2H3;3-8H,1-2H3;2*1H;/q;;;;+2/p-2/b19-17-,20-18-;;;;. The molecule has 0 saturated carbocycles. The number of para-hydroxylation sites is 1. The molecule has 55 heavy (non-hydrogen) atoms. The van der Waals surface area contributed by atoms with Crippen LogP contribution in [0.2, 0.25) is 0 Å². The van der Waals surface area contributed by atoms with E-state index in [9.17, 15) is 0 Å². The van der Waals surface area contributed by atoms with Gasteiger partial charge < -0.3 is 0 Å². The van der Waals surface area contributed by atoms with Gasteiger partial charge in [0, 0.05) is 0 Å². The summed E-state index contributed by atoms with van der Waals surface area (Å²) in [5.41, 5.74) is 1.03. The molecule has 1 saturated heterocycles. The van der Waals surface area contributed by atoms with E-state index in [-0.39, 0.29) is 6.10 Å². The SMILES string of the molecule is CCCCCCCC/C=C\CCCCCCCCN1CCN(CCCCCCCC/C=C\CCCCCCCC)[C]1=[Ru]([Cl])([Cl])=[CH]c1ccccc1OC(C)C. The fraction of sp³-hybridized carbons (Fsp3) is 0.755. The molecule has 1 aromatic carbocycles. The maximum absolute atomic E-state index is 7.52. The van der Waals surface area contributed by atoms with Crippen LogP contribution in [0.25, 0.3) is 0 Å². The van der Waals surface area contributed by atoms with Crippen LogP contribution in [0.5, 0.6) is 5.75 Å². The Morgan fingerprint density at radius 3 is 1.31 bits per heavy atom. The van der Waals surface area contributed by atoms with Crippen molar-refractivity contribution in [3.8, 4) is 5.75 Å². The van der Waals surface area contributed by atoms with Crippen molar-refractivity contribution in [1.82, 2.24) is 9.80 Å². The second-order valence-electron chi connectivity index (χ2n) is 16.4. The molecular weight excluding hydrogens is 805 g/mol. The number of ether oxygens (including phenoxy) is 1. The van der Waals surface area contributed by atoms with Gasteiger partial charge >= 0.3 is 251 Å². The first-order valence-electron chi connectivity index (χ1n) is 23.3. The first-order chi connectivity index (χ1) is 26.9. The molecule has 1 fully saturated rings. The second-order valence-corrected chi connectivity index (χ2v) is 25.6. The Bertz CT molecular complexity index is 1190. The average Bonchev–Trinajstić information content (AvgIpc) is 3.58. The van der Waals surface area contributed by atoms with E-state index in [1.165, 1.54) is 184 Å². The van der Waals surface area contributed by atoms with Gasteiger partial charge in [-0.25, -0.2) is 0 Å². The van der Waals surface area contributed by atoms with Crippen molar-refractivity contribution in [2.24, 2.45) is 0 Å². The number of nitrogens with zero attached hydrogens (tertiary/aromatic N) is 2. The molecule has 1 aromatic rings. The summed E-state index contributed by atoms with van der Waals surface area (Å²) in [7, 11) is 15.0. The number of benzene rings is 1. The zero-order chi connectivity index (χ0) is 39.7. The van der Waals surface area contributed by atoms with E-state index in [0.29, 0.717) is 0 Å². The summed E-state index contributed by atoms with van der Waals surface area (Å²) in [6, 6.07) is 8.26. The minimum atomic E-state index is -3.35. The summed E-state index contributed by atoms with van der Waals surface area (Å²) in [4.78, 5) is 5.12. The van der Waals surface area contributed by atoms with Crippen molar-refractivity contribution >= 4 is 28.3 Å². The molecule has 0 spiro atoms. The molecule has 0 aromatic heterocycles. The van der Waals surface area contributed by atoms with Crippen molar-refractivity contribution in [3.63, 3.8) is 0 Å². The topological polar surface area (TPSA) is 15.7 Å². The Labute approximate surface area is 352 Å².